The molecule has 0 saturated carbocycles. The predicted octanol–water partition coefficient (Wildman–Crippen LogP) is 3.51. The lowest BCUT2D eigenvalue weighted by Gasteiger charge is -2.08. The third-order valence-corrected chi connectivity index (χ3v) is 4.87. The number of rotatable bonds is 7. The average molecular weight is 539 g/mol. The van der Waals surface area contributed by atoms with E-state index < -0.39 is 47.1 Å². The molecule has 2 N–H and O–H groups in total. The van der Waals surface area contributed by atoms with Gasteiger partial charge in [0.15, 0.2) is 5.69 Å². The minimum absolute atomic E-state index is 0.0168. The maximum absolute atomic E-state index is 13.4. The highest BCUT2D eigenvalue weighted by atomic mass is 19.4. The van der Waals surface area contributed by atoms with Gasteiger partial charge in [-0.3, -0.25) is 14.6 Å². The summed E-state index contributed by atoms with van der Waals surface area (Å²) in [5, 5.41) is 11.4. The monoisotopic (exact) mass is 539 g/mol. The third kappa shape index (κ3) is 5.96. The Hall–Kier alpha value is -4.76. The lowest BCUT2D eigenvalue weighted by Crippen LogP contribution is -2.35. The number of benzene rings is 1. The maximum Gasteiger partial charge on any atom is 0.471 e. The molecule has 0 saturated heterocycles. The fraction of sp³-hybridized carbons (Fsp3) is 0.182. The van der Waals surface area contributed by atoms with Gasteiger partial charge in [-0.15, -0.1) is 0 Å². The van der Waals surface area contributed by atoms with Crippen LogP contribution in [0.5, 0.6) is 0 Å². The summed E-state index contributed by atoms with van der Waals surface area (Å²) in [5.74, 6) is -3.68. The Morgan fingerprint density at radius 1 is 0.895 bits per heavy atom. The first-order valence-corrected chi connectivity index (χ1v) is 10.6. The van der Waals surface area contributed by atoms with Crippen LogP contribution in [0.4, 0.5) is 26.3 Å². The summed E-state index contributed by atoms with van der Waals surface area (Å²) < 4.78 is 83.1. The average Bonchev–Trinajstić information content (AvgIpc) is 3.55. The molecule has 0 bridgehead atoms. The largest absolute Gasteiger partial charge is 0.471 e. The van der Waals surface area contributed by atoms with Gasteiger partial charge in [0.25, 0.3) is 11.8 Å². The lowest BCUT2D eigenvalue weighted by atomic mass is 10.2. The molecule has 0 aliphatic heterocycles. The zero-order chi connectivity index (χ0) is 27.5. The smallest absolute Gasteiger partial charge is 0.350 e. The van der Waals surface area contributed by atoms with E-state index in [0.29, 0.717) is 5.69 Å². The van der Waals surface area contributed by atoms with Crippen molar-refractivity contribution in [3.05, 3.63) is 77.6 Å². The second kappa shape index (κ2) is 10.3. The topological polar surface area (TPSA) is 128 Å². The van der Waals surface area contributed by atoms with Gasteiger partial charge in [-0.25, -0.2) is 4.68 Å². The van der Waals surface area contributed by atoms with Crippen molar-refractivity contribution in [1.29, 1.82) is 0 Å². The second-order valence-electron chi connectivity index (χ2n) is 7.53. The number of hydrogen-bond donors (Lipinski definition) is 2. The van der Waals surface area contributed by atoms with Crippen molar-refractivity contribution in [3.63, 3.8) is 0 Å². The predicted molar refractivity (Wildman–Crippen MR) is 116 cm³/mol. The van der Waals surface area contributed by atoms with E-state index in [4.69, 9.17) is 0 Å². The highest BCUT2D eigenvalue weighted by Crippen LogP contribution is 2.31. The van der Waals surface area contributed by atoms with Crippen LogP contribution in [0.3, 0.4) is 0 Å². The number of carbonyl (C=O) groups excluding carboxylic acids is 2. The number of amides is 2. The molecule has 2 amide bonds. The van der Waals surface area contributed by atoms with Crippen molar-refractivity contribution >= 4 is 11.8 Å². The van der Waals surface area contributed by atoms with Gasteiger partial charge in [-0.2, -0.15) is 36.4 Å². The van der Waals surface area contributed by atoms with E-state index in [1.165, 1.54) is 24.3 Å². The number of aromatic nitrogens is 5. The summed E-state index contributed by atoms with van der Waals surface area (Å²) in [5.41, 5.74) is -1.79. The molecule has 0 radical (unpaired) electrons. The van der Waals surface area contributed by atoms with Gasteiger partial charge in [0.05, 0.1) is 16.8 Å². The normalized spacial score (nSPS) is 11.8. The molecule has 0 aliphatic carbocycles. The Balaban J connectivity index is 1.33. The fourth-order valence-electron chi connectivity index (χ4n) is 3.11. The van der Waals surface area contributed by atoms with Crippen molar-refractivity contribution in [3.8, 4) is 17.2 Å². The van der Waals surface area contributed by atoms with Crippen LogP contribution in [0.15, 0.2) is 59.4 Å². The molecule has 38 heavy (non-hydrogen) atoms. The Bertz CT molecular complexity index is 1430. The molecule has 0 fully saturated rings. The van der Waals surface area contributed by atoms with Crippen LogP contribution >= 0.6 is 0 Å². The molecule has 3 aromatic heterocycles. The van der Waals surface area contributed by atoms with Crippen molar-refractivity contribution in [1.82, 2.24) is 35.5 Å². The Morgan fingerprint density at radius 2 is 1.58 bits per heavy atom. The molecule has 4 aromatic rings. The highest BCUT2D eigenvalue weighted by molar-refractivity contribution is 5.96. The molecular formula is C22H15F6N7O3. The molecule has 1 aromatic carbocycles. The first kappa shape index (κ1) is 26.3. The highest BCUT2D eigenvalue weighted by Gasteiger charge is 2.40. The summed E-state index contributed by atoms with van der Waals surface area (Å²) in [6.07, 6.45) is -7.69. The molecule has 10 nitrogen and oxygen atoms in total. The quantitative estimate of drug-likeness (QED) is 0.272. The SMILES string of the molecule is O=C(NCCNC(=O)c1cn(-c2ccccc2)nc1C(F)(F)F)c1ccc(-c2noc(C(F)(F)F)n2)nc1. The zero-order valence-corrected chi connectivity index (χ0v) is 18.8. The van der Waals surface area contributed by atoms with Crippen LogP contribution in [0.1, 0.15) is 32.3 Å². The molecular weight excluding hydrogens is 524 g/mol. The van der Waals surface area contributed by atoms with Crippen molar-refractivity contribution in [2.45, 2.75) is 12.4 Å². The number of para-hydroxylation sites is 1. The van der Waals surface area contributed by atoms with Crippen LogP contribution in [-0.4, -0.2) is 49.8 Å². The molecule has 3 heterocycles. The van der Waals surface area contributed by atoms with E-state index in [-0.39, 0.29) is 24.3 Å². The van der Waals surface area contributed by atoms with E-state index in [0.717, 1.165) is 17.1 Å². The van der Waals surface area contributed by atoms with E-state index in [1.807, 2.05) is 0 Å². The van der Waals surface area contributed by atoms with E-state index in [9.17, 15) is 35.9 Å². The molecule has 16 heteroatoms. The fourth-order valence-corrected chi connectivity index (χ4v) is 3.11. The minimum atomic E-state index is -4.88. The Kier molecular flexibility index (Phi) is 7.14. The molecule has 0 spiro atoms. The van der Waals surface area contributed by atoms with E-state index in [2.05, 4.69) is 35.4 Å². The zero-order valence-electron chi connectivity index (χ0n) is 18.8. The minimum Gasteiger partial charge on any atom is -0.350 e. The summed E-state index contributed by atoms with van der Waals surface area (Å²) in [4.78, 5) is 31.7. The van der Waals surface area contributed by atoms with Gasteiger partial charge in [0.2, 0.25) is 5.82 Å². The first-order chi connectivity index (χ1) is 17.9. The van der Waals surface area contributed by atoms with Gasteiger partial charge >= 0.3 is 18.2 Å². The molecule has 198 valence electrons. The number of carbonyl (C=O) groups is 2. The van der Waals surface area contributed by atoms with Crippen LogP contribution < -0.4 is 10.6 Å². The van der Waals surface area contributed by atoms with Crippen molar-refractivity contribution < 1.29 is 40.5 Å². The van der Waals surface area contributed by atoms with Gasteiger partial charge in [-0.05, 0) is 24.3 Å². The first-order valence-electron chi connectivity index (χ1n) is 10.6. The van der Waals surface area contributed by atoms with E-state index in [1.54, 1.807) is 18.2 Å². The summed E-state index contributed by atoms with van der Waals surface area (Å²) in [7, 11) is 0. The summed E-state index contributed by atoms with van der Waals surface area (Å²) >= 11 is 0. The second-order valence-corrected chi connectivity index (χ2v) is 7.53. The number of halogens is 6. The van der Waals surface area contributed by atoms with Crippen molar-refractivity contribution in [2.75, 3.05) is 13.1 Å². The van der Waals surface area contributed by atoms with Gasteiger partial charge in [-0.1, -0.05) is 23.4 Å². The van der Waals surface area contributed by atoms with Gasteiger partial charge < -0.3 is 15.2 Å². The number of nitrogens with one attached hydrogen (secondary N) is 2. The Labute approximate surface area is 208 Å². The number of alkyl halides is 6. The summed E-state index contributed by atoms with van der Waals surface area (Å²) in [6.45, 7) is -0.368. The number of hydrogen-bond acceptors (Lipinski definition) is 7. The molecule has 0 atom stereocenters. The third-order valence-electron chi connectivity index (χ3n) is 4.87. The van der Waals surface area contributed by atoms with Crippen LogP contribution in [0.2, 0.25) is 0 Å². The molecule has 0 aliphatic rings. The van der Waals surface area contributed by atoms with Crippen LogP contribution in [0.25, 0.3) is 17.2 Å². The molecule has 4 rings (SSSR count). The van der Waals surface area contributed by atoms with Gasteiger partial charge in [0.1, 0.15) is 5.69 Å². The summed E-state index contributed by atoms with van der Waals surface area (Å²) in [6, 6.07) is 10.4. The van der Waals surface area contributed by atoms with Gasteiger partial charge in [0, 0.05) is 25.5 Å². The van der Waals surface area contributed by atoms with Crippen LogP contribution in [0, 0.1) is 0 Å². The van der Waals surface area contributed by atoms with Crippen molar-refractivity contribution in [2.24, 2.45) is 0 Å². The number of nitrogens with zero attached hydrogens (tertiary/aromatic N) is 5. The number of pyridine rings is 1. The Morgan fingerprint density at radius 3 is 2.16 bits per heavy atom. The lowest BCUT2D eigenvalue weighted by molar-refractivity contribution is -0.159. The molecule has 0 unspecified atom stereocenters. The van der Waals surface area contributed by atoms with Crippen LogP contribution in [-0.2, 0) is 12.4 Å². The maximum atomic E-state index is 13.4. The van der Waals surface area contributed by atoms with E-state index >= 15 is 0 Å². The standard InChI is InChI=1S/C22H15F6N7O3/c23-21(24,25)16-14(11-35(33-16)13-4-2-1-3-5-13)19(37)30-9-8-29-18(36)12-6-7-15(31-10-12)17-32-20(38-34-17)22(26,27)28/h1-7,10-11H,8-9H2,(H,29,36)(H,30,37).